The van der Waals surface area contributed by atoms with E-state index in [4.69, 9.17) is 4.74 Å². The molecule has 6 aliphatic rings. The summed E-state index contributed by atoms with van der Waals surface area (Å²) in [4.78, 5) is 24.2. The minimum atomic E-state index is -0.191. The summed E-state index contributed by atoms with van der Waals surface area (Å²) in [7, 11) is 0. The average Bonchev–Trinajstić information content (AvgIpc) is 3.27. The van der Waals surface area contributed by atoms with Gasteiger partial charge < -0.3 is 4.74 Å². The molecule has 0 radical (unpaired) electrons. The predicted molar refractivity (Wildman–Crippen MR) is 102 cm³/mol. The molecular weight excluding hydrogens is 336 g/mol. The van der Waals surface area contributed by atoms with Crippen molar-refractivity contribution < 1.29 is 14.3 Å². The van der Waals surface area contributed by atoms with Gasteiger partial charge in [-0.05, 0) is 85.5 Å². The van der Waals surface area contributed by atoms with Gasteiger partial charge in [-0.1, -0.05) is 26.3 Å². The van der Waals surface area contributed by atoms with E-state index < -0.39 is 0 Å². The summed E-state index contributed by atoms with van der Waals surface area (Å²) in [5.41, 5.74) is 1.71. The molecule has 0 N–H and O–H groups in total. The van der Waals surface area contributed by atoms with Crippen LogP contribution in [0.5, 0.6) is 0 Å². The molecule has 27 heavy (non-hydrogen) atoms. The fourth-order valence-corrected chi connectivity index (χ4v) is 9.25. The van der Waals surface area contributed by atoms with Gasteiger partial charge in [-0.15, -0.1) is 0 Å². The van der Waals surface area contributed by atoms with Crippen LogP contribution in [0.2, 0.25) is 0 Å². The Morgan fingerprint density at radius 1 is 1.11 bits per heavy atom. The van der Waals surface area contributed by atoms with E-state index in [1.807, 2.05) is 0 Å². The Hall–Kier alpha value is -1.12. The number of fused-ring (bicyclic) bond motifs is 9. The van der Waals surface area contributed by atoms with Crippen LogP contribution < -0.4 is 0 Å². The second-order valence-corrected chi connectivity index (χ2v) is 11.3. The van der Waals surface area contributed by atoms with Gasteiger partial charge in [0.15, 0.2) is 5.78 Å². The van der Waals surface area contributed by atoms with Crippen molar-refractivity contribution in [2.75, 3.05) is 0 Å². The highest BCUT2D eigenvalue weighted by molar-refractivity contribution is 5.92. The van der Waals surface area contributed by atoms with E-state index in [2.05, 4.69) is 26.8 Å². The molecule has 5 aliphatic carbocycles. The summed E-state index contributed by atoms with van der Waals surface area (Å²) in [6.07, 6.45) is 10.2. The van der Waals surface area contributed by atoms with Gasteiger partial charge in [0.1, 0.15) is 5.60 Å². The predicted octanol–water partition coefficient (Wildman–Crippen LogP) is 4.70. The van der Waals surface area contributed by atoms with E-state index in [9.17, 15) is 9.59 Å². The molecule has 3 nitrogen and oxygen atoms in total. The first-order valence-electron chi connectivity index (χ1n) is 11.3. The number of carbonyl (C=O) groups excluding carboxylic acids is 2. The van der Waals surface area contributed by atoms with E-state index in [-0.39, 0.29) is 22.4 Å². The van der Waals surface area contributed by atoms with Crippen molar-refractivity contribution in [1.29, 1.82) is 0 Å². The van der Waals surface area contributed by atoms with Crippen LogP contribution in [0.15, 0.2) is 11.6 Å². The molecule has 5 fully saturated rings. The third-order valence-corrected chi connectivity index (χ3v) is 10.4. The van der Waals surface area contributed by atoms with Crippen LogP contribution in [0.25, 0.3) is 0 Å². The first-order chi connectivity index (χ1) is 12.8. The largest absolute Gasteiger partial charge is 0.458 e. The molecule has 1 spiro atoms. The molecule has 0 aromatic rings. The molecule has 1 unspecified atom stereocenters. The summed E-state index contributed by atoms with van der Waals surface area (Å²) in [6.45, 7) is 7.37. The van der Waals surface area contributed by atoms with Crippen molar-refractivity contribution in [1.82, 2.24) is 0 Å². The lowest BCUT2D eigenvalue weighted by Gasteiger charge is -2.59. The van der Waals surface area contributed by atoms with Crippen molar-refractivity contribution in [2.45, 2.75) is 77.7 Å². The number of allylic oxidation sites excluding steroid dienone is 1. The van der Waals surface area contributed by atoms with E-state index in [1.165, 1.54) is 24.8 Å². The van der Waals surface area contributed by atoms with E-state index >= 15 is 0 Å². The molecule has 0 amide bonds. The van der Waals surface area contributed by atoms with Crippen LogP contribution >= 0.6 is 0 Å². The molecule has 6 rings (SSSR count). The van der Waals surface area contributed by atoms with Crippen LogP contribution in [0.4, 0.5) is 0 Å². The molecule has 0 bridgehead atoms. The van der Waals surface area contributed by atoms with Gasteiger partial charge >= 0.3 is 5.97 Å². The molecule has 3 heteroatoms. The highest BCUT2D eigenvalue weighted by Crippen LogP contribution is 2.76. The van der Waals surface area contributed by atoms with Gasteiger partial charge in [-0.2, -0.15) is 0 Å². The Balaban J connectivity index is 1.43. The van der Waals surface area contributed by atoms with Gasteiger partial charge in [0.2, 0.25) is 0 Å². The van der Waals surface area contributed by atoms with Gasteiger partial charge in [0, 0.05) is 18.3 Å². The maximum absolute atomic E-state index is 12.1. The normalized spacial score (nSPS) is 58.1. The maximum Gasteiger partial charge on any atom is 0.306 e. The summed E-state index contributed by atoms with van der Waals surface area (Å²) in [5.74, 6) is 4.62. The Bertz CT molecular complexity index is 782. The first-order valence-corrected chi connectivity index (χ1v) is 11.3. The van der Waals surface area contributed by atoms with Crippen LogP contribution in [0.1, 0.15) is 72.1 Å². The van der Waals surface area contributed by atoms with Crippen LogP contribution in [-0.2, 0) is 14.3 Å². The first kappa shape index (κ1) is 16.8. The van der Waals surface area contributed by atoms with Gasteiger partial charge in [-0.3, -0.25) is 9.59 Å². The Morgan fingerprint density at radius 3 is 2.67 bits per heavy atom. The zero-order chi connectivity index (χ0) is 18.8. The van der Waals surface area contributed by atoms with E-state index in [1.54, 1.807) is 0 Å². The third kappa shape index (κ3) is 1.85. The van der Waals surface area contributed by atoms with Gasteiger partial charge in [0.25, 0.3) is 0 Å². The van der Waals surface area contributed by atoms with Gasteiger partial charge in [0.05, 0.1) is 0 Å². The van der Waals surface area contributed by atoms with Crippen LogP contribution in [0, 0.1) is 46.3 Å². The number of hydrogen-bond acceptors (Lipinski definition) is 3. The molecular formula is C24H32O3. The fourth-order valence-electron chi connectivity index (χ4n) is 9.25. The Morgan fingerprint density at radius 2 is 1.93 bits per heavy atom. The van der Waals surface area contributed by atoms with Crippen molar-refractivity contribution in [2.24, 2.45) is 46.3 Å². The second-order valence-electron chi connectivity index (χ2n) is 11.3. The van der Waals surface area contributed by atoms with Crippen molar-refractivity contribution in [3.63, 3.8) is 0 Å². The molecule has 1 aliphatic heterocycles. The average molecular weight is 369 g/mol. The molecule has 0 aromatic carbocycles. The molecule has 9 atom stereocenters. The topological polar surface area (TPSA) is 43.4 Å². The highest BCUT2D eigenvalue weighted by Gasteiger charge is 2.73. The molecule has 146 valence electrons. The third-order valence-electron chi connectivity index (χ3n) is 10.4. The lowest BCUT2D eigenvalue weighted by molar-refractivity contribution is -0.169. The molecule has 4 saturated carbocycles. The van der Waals surface area contributed by atoms with Crippen LogP contribution in [-0.4, -0.2) is 17.4 Å². The lowest BCUT2D eigenvalue weighted by Crippen LogP contribution is -2.56. The summed E-state index contributed by atoms with van der Waals surface area (Å²) in [6, 6.07) is 0. The molecule has 0 aromatic heterocycles. The number of rotatable bonds is 0. The number of carbonyl (C=O) groups is 2. The minimum absolute atomic E-state index is 0.0297. The summed E-state index contributed by atoms with van der Waals surface area (Å²) in [5, 5.41) is 0. The monoisotopic (exact) mass is 368 g/mol. The van der Waals surface area contributed by atoms with E-state index in [0.717, 1.165) is 37.5 Å². The number of hydrogen-bond donors (Lipinski definition) is 0. The van der Waals surface area contributed by atoms with Gasteiger partial charge in [-0.25, -0.2) is 0 Å². The zero-order valence-corrected chi connectivity index (χ0v) is 16.9. The number of ether oxygens (including phenoxy) is 1. The highest BCUT2D eigenvalue weighted by atomic mass is 16.6. The molecule has 1 saturated heterocycles. The van der Waals surface area contributed by atoms with Crippen molar-refractivity contribution in [3.05, 3.63) is 11.6 Å². The molecule has 1 heterocycles. The smallest absolute Gasteiger partial charge is 0.306 e. The number of ketones is 1. The van der Waals surface area contributed by atoms with E-state index in [0.29, 0.717) is 35.9 Å². The summed E-state index contributed by atoms with van der Waals surface area (Å²) >= 11 is 0. The maximum atomic E-state index is 12.1. The number of esters is 1. The standard InChI is InChI=1S/C24H32O3/c1-13-12-24(9-6-19(26)27-24)23(3)8-5-17-20(21(13)23)16-11-15(16)18-10-14(25)4-7-22(17,18)2/h10,13,15-17,20-21H,4-9,11-12H2,1-3H3/t13-,15-,16+,17-,20-,21-,22-,23+,24?/m1/s1. The second kappa shape index (κ2) is 4.89. The minimum Gasteiger partial charge on any atom is -0.458 e. The SMILES string of the molecule is C[C@@H]1CC2(CCC(=O)O2)[C@@]2(C)CC[C@@H]3[C@@H]([C@H]4C[C@H]4C4=CC(=O)CC[C@@]43C)[C@@H]12. The zero-order valence-electron chi connectivity index (χ0n) is 16.9. The van der Waals surface area contributed by atoms with Crippen LogP contribution in [0.3, 0.4) is 0 Å². The quantitative estimate of drug-likeness (QED) is 0.582. The van der Waals surface area contributed by atoms with Crippen molar-refractivity contribution >= 4 is 11.8 Å². The van der Waals surface area contributed by atoms with Crippen molar-refractivity contribution in [3.8, 4) is 0 Å². The Kier molecular flexibility index (Phi) is 3.04. The summed E-state index contributed by atoms with van der Waals surface area (Å²) < 4.78 is 6.13. The Labute approximate surface area is 162 Å². The fraction of sp³-hybridized carbons (Fsp3) is 0.833. The lowest BCUT2D eigenvalue weighted by atomic mass is 9.45.